The molecule has 5 nitrogen and oxygen atoms in total. The molecule has 0 unspecified atom stereocenters. The monoisotopic (exact) mass is 288 g/mol. The van der Waals surface area contributed by atoms with Crippen molar-refractivity contribution in [2.24, 2.45) is 0 Å². The highest BCUT2D eigenvalue weighted by molar-refractivity contribution is 5.89. The van der Waals surface area contributed by atoms with E-state index in [9.17, 15) is 0 Å². The molecule has 0 bridgehead atoms. The Morgan fingerprint density at radius 1 is 1.29 bits per heavy atom. The molecule has 0 N–H and O–H groups in total. The van der Waals surface area contributed by atoms with Gasteiger partial charge in [-0.25, -0.2) is 4.98 Å². The molecule has 1 fully saturated rings. The highest BCUT2D eigenvalue weighted by Gasteiger charge is 2.20. The predicted molar refractivity (Wildman–Crippen MR) is 87.3 cm³/mol. The van der Waals surface area contributed by atoms with E-state index in [1.165, 1.54) is 0 Å². The number of fused-ring (bicyclic) bond motifs is 1. The van der Waals surface area contributed by atoms with Gasteiger partial charge in [-0.15, -0.1) is 0 Å². The summed E-state index contributed by atoms with van der Waals surface area (Å²) in [5.41, 5.74) is 0.910. The molecule has 5 heteroatoms. The third kappa shape index (κ3) is 2.83. The van der Waals surface area contributed by atoms with E-state index in [1.54, 1.807) is 6.26 Å². The van der Waals surface area contributed by atoms with Gasteiger partial charge < -0.3 is 19.1 Å². The van der Waals surface area contributed by atoms with Crippen LogP contribution >= 0.6 is 0 Å². The summed E-state index contributed by atoms with van der Waals surface area (Å²) >= 11 is 0. The Kier molecular flexibility index (Phi) is 4.01. The second kappa shape index (κ2) is 5.93. The maximum atomic E-state index is 5.69. The van der Waals surface area contributed by atoms with Crippen molar-refractivity contribution in [1.29, 1.82) is 0 Å². The lowest BCUT2D eigenvalue weighted by atomic mass is 10.2. The van der Waals surface area contributed by atoms with Gasteiger partial charge in [-0.2, -0.15) is 0 Å². The topological polar surface area (TPSA) is 35.8 Å². The van der Waals surface area contributed by atoms with Crippen molar-refractivity contribution >= 4 is 22.6 Å². The zero-order valence-corrected chi connectivity index (χ0v) is 13.2. The van der Waals surface area contributed by atoms with Crippen molar-refractivity contribution in [3.63, 3.8) is 0 Å². The van der Waals surface area contributed by atoms with Crippen LogP contribution in [0.15, 0.2) is 22.8 Å². The van der Waals surface area contributed by atoms with Gasteiger partial charge in [0.1, 0.15) is 5.82 Å². The van der Waals surface area contributed by atoms with E-state index in [-0.39, 0.29) is 0 Å². The Hall–Kier alpha value is -1.75. The highest BCUT2D eigenvalue weighted by atomic mass is 16.3. The van der Waals surface area contributed by atoms with E-state index in [0.29, 0.717) is 0 Å². The van der Waals surface area contributed by atoms with Crippen LogP contribution in [0.25, 0.3) is 11.0 Å². The molecule has 3 rings (SSSR count). The minimum atomic E-state index is 0.910. The average Bonchev–Trinajstić information content (AvgIpc) is 2.95. The van der Waals surface area contributed by atoms with Crippen molar-refractivity contribution in [3.8, 4) is 0 Å². The molecule has 0 spiro atoms. The molecule has 1 aliphatic heterocycles. The van der Waals surface area contributed by atoms with Crippen molar-refractivity contribution in [2.75, 3.05) is 56.6 Å². The number of furan rings is 1. The Balaban J connectivity index is 1.97. The van der Waals surface area contributed by atoms with Crippen molar-refractivity contribution in [1.82, 2.24) is 9.88 Å². The highest BCUT2D eigenvalue weighted by Crippen LogP contribution is 2.30. The first-order valence-electron chi connectivity index (χ1n) is 7.72. The van der Waals surface area contributed by atoms with Gasteiger partial charge in [-0.3, -0.25) is 0 Å². The lowest BCUT2D eigenvalue weighted by molar-refractivity contribution is 0.312. The number of hydrogen-bond donors (Lipinski definition) is 0. The summed E-state index contributed by atoms with van der Waals surface area (Å²) in [6.45, 7) is 7.34. The Morgan fingerprint density at radius 2 is 2.05 bits per heavy atom. The number of anilines is 2. The van der Waals surface area contributed by atoms with Crippen LogP contribution in [0.2, 0.25) is 0 Å². The number of pyridine rings is 1. The zero-order valence-electron chi connectivity index (χ0n) is 13.2. The summed E-state index contributed by atoms with van der Waals surface area (Å²) in [6.07, 6.45) is 2.88. The summed E-state index contributed by atoms with van der Waals surface area (Å²) in [4.78, 5) is 11.8. The summed E-state index contributed by atoms with van der Waals surface area (Å²) in [5.74, 6) is 2.02. The molecule has 0 aliphatic carbocycles. The van der Waals surface area contributed by atoms with Gasteiger partial charge in [0.25, 0.3) is 0 Å². The molecule has 0 amide bonds. The van der Waals surface area contributed by atoms with Crippen LogP contribution in [0.5, 0.6) is 0 Å². The molecule has 3 heterocycles. The molecule has 2 aromatic rings. The number of aromatic nitrogens is 1. The standard InChI is InChI=1S/C16H24N4O/c1-4-6-19(3)14-12-13-5-11-21-15(13)16(17-14)20-9-7-18(2)8-10-20/h5,11-12H,4,6-10H2,1-3H3. The molecule has 0 aromatic carbocycles. The first kappa shape index (κ1) is 14.2. The summed E-state index contributed by atoms with van der Waals surface area (Å²) < 4.78 is 5.69. The van der Waals surface area contributed by atoms with Gasteiger partial charge in [-0.05, 0) is 25.6 Å². The van der Waals surface area contributed by atoms with Crippen LogP contribution in [0.4, 0.5) is 11.6 Å². The lowest BCUT2D eigenvalue weighted by Crippen LogP contribution is -2.45. The van der Waals surface area contributed by atoms with Gasteiger partial charge in [0.2, 0.25) is 0 Å². The first-order valence-corrected chi connectivity index (χ1v) is 7.72. The molecule has 0 radical (unpaired) electrons. The summed E-state index contributed by atoms with van der Waals surface area (Å²) in [5, 5.41) is 1.14. The number of rotatable bonds is 4. The van der Waals surface area contributed by atoms with Crippen LogP contribution < -0.4 is 9.80 Å². The molecule has 2 aromatic heterocycles. The zero-order chi connectivity index (χ0) is 14.8. The molecule has 0 saturated carbocycles. The third-order valence-electron chi connectivity index (χ3n) is 4.16. The Labute approximate surface area is 126 Å². The maximum Gasteiger partial charge on any atom is 0.176 e. The van der Waals surface area contributed by atoms with E-state index in [4.69, 9.17) is 9.40 Å². The van der Waals surface area contributed by atoms with E-state index < -0.39 is 0 Å². The van der Waals surface area contributed by atoms with Gasteiger partial charge in [0.05, 0.1) is 6.26 Å². The number of likely N-dealkylation sites (N-methyl/N-ethyl adjacent to an activating group) is 1. The van der Waals surface area contributed by atoms with Gasteiger partial charge in [0, 0.05) is 45.2 Å². The summed E-state index contributed by atoms with van der Waals surface area (Å²) in [6, 6.07) is 4.15. The number of nitrogens with zero attached hydrogens (tertiary/aromatic N) is 4. The van der Waals surface area contributed by atoms with Crippen LogP contribution in [0.1, 0.15) is 13.3 Å². The largest absolute Gasteiger partial charge is 0.460 e. The predicted octanol–water partition coefficient (Wildman–Crippen LogP) is 2.43. The number of hydrogen-bond acceptors (Lipinski definition) is 5. The first-order chi connectivity index (χ1) is 10.2. The van der Waals surface area contributed by atoms with Crippen molar-refractivity contribution in [2.45, 2.75) is 13.3 Å². The molecule has 1 saturated heterocycles. The summed E-state index contributed by atoms with van der Waals surface area (Å²) in [7, 11) is 4.27. The SMILES string of the molecule is CCCN(C)c1cc2ccoc2c(N2CCN(C)CC2)n1. The minimum Gasteiger partial charge on any atom is -0.460 e. The van der Waals surface area contributed by atoms with Crippen LogP contribution in [-0.2, 0) is 0 Å². The molecule has 1 aliphatic rings. The normalized spacial score (nSPS) is 16.6. The lowest BCUT2D eigenvalue weighted by Gasteiger charge is -2.33. The van der Waals surface area contributed by atoms with E-state index in [0.717, 1.165) is 61.7 Å². The van der Waals surface area contributed by atoms with Crippen molar-refractivity contribution in [3.05, 3.63) is 18.4 Å². The molecular weight excluding hydrogens is 264 g/mol. The van der Waals surface area contributed by atoms with Crippen LogP contribution in [0, 0.1) is 0 Å². The average molecular weight is 288 g/mol. The fraction of sp³-hybridized carbons (Fsp3) is 0.562. The minimum absolute atomic E-state index is 0.910. The smallest absolute Gasteiger partial charge is 0.176 e. The second-order valence-corrected chi connectivity index (χ2v) is 5.85. The van der Waals surface area contributed by atoms with Gasteiger partial charge >= 0.3 is 0 Å². The molecular formula is C16H24N4O. The van der Waals surface area contributed by atoms with Gasteiger partial charge in [-0.1, -0.05) is 6.92 Å². The molecule has 21 heavy (non-hydrogen) atoms. The van der Waals surface area contributed by atoms with E-state index >= 15 is 0 Å². The number of piperazine rings is 1. The molecule has 114 valence electrons. The second-order valence-electron chi connectivity index (χ2n) is 5.85. The quantitative estimate of drug-likeness (QED) is 0.863. The van der Waals surface area contributed by atoms with Crippen molar-refractivity contribution < 1.29 is 4.42 Å². The van der Waals surface area contributed by atoms with E-state index in [1.807, 2.05) is 6.07 Å². The van der Waals surface area contributed by atoms with Crippen LogP contribution in [0.3, 0.4) is 0 Å². The van der Waals surface area contributed by atoms with Crippen LogP contribution in [-0.4, -0.2) is 56.7 Å². The van der Waals surface area contributed by atoms with Gasteiger partial charge in [0.15, 0.2) is 11.4 Å². The molecule has 0 atom stereocenters. The maximum absolute atomic E-state index is 5.69. The Bertz CT molecular complexity index is 601. The van der Waals surface area contributed by atoms with E-state index in [2.05, 4.69) is 41.8 Å². The Morgan fingerprint density at radius 3 is 2.76 bits per heavy atom. The third-order valence-corrected chi connectivity index (χ3v) is 4.16. The fourth-order valence-corrected chi connectivity index (χ4v) is 2.82. The fourth-order valence-electron chi connectivity index (χ4n) is 2.82.